The Labute approximate surface area is 193 Å². The summed E-state index contributed by atoms with van der Waals surface area (Å²) >= 11 is 0. The Kier molecular flexibility index (Phi) is 3.91. The highest BCUT2D eigenvalue weighted by molar-refractivity contribution is 6.16. The lowest BCUT2D eigenvalue weighted by atomic mass is 9.95. The Bertz CT molecular complexity index is 1610. The van der Waals surface area contributed by atoms with Crippen molar-refractivity contribution >= 4 is 38.6 Å². The average molecular weight is 420 g/mol. The van der Waals surface area contributed by atoms with Crippen LogP contribution in [0.2, 0.25) is 0 Å². The van der Waals surface area contributed by atoms with Crippen LogP contribution in [-0.2, 0) is 0 Å². The SMILES string of the molecule is c1ccc2c(c1)-c1ccccc1N(c1cccc3ccc4ccccc4c13)c1ccccc1-2. The molecule has 0 saturated carbocycles. The number of anilines is 3. The summed E-state index contributed by atoms with van der Waals surface area (Å²) in [5.41, 5.74) is 8.66. The van der Waals surface area contributed by atoms with Crippen molar-refractivity contribution in [3.8, 4) is 22.3 Å². The van der Waals surface area contributed by atoms with Crippen LogP contribution in [0.5, 0.6) is 0 Å². The van der Waals surface area contributed by atoms with Gasteiger partial charge in [-0.3, -0.25) is 0 Å². The third-order valence-corrected chi connectivity index (χ3v) is 6.79. The van der Waals surface area contributed by atoms with Gasteiger partial charge >= 0.3 is 0 Å². The van der Waals surface area contributed by atoms with E-state index in [1.54, 1.807) is 0 Å². The number of nitrogens with zero attached hydrogens (tertiary/aromatic N) is 1. The van der Waals surface area contributed by atoms with Crippen molar-refractivity contribution in [2.24, 2.45) is 0 Å². The van der Waals surface area contributed by atoms with Crippen molar-refractivity contribution in [1.82, 2.24) is 0 Å². The molecule has 6 aromatic rings. The van der Waals surface area contributed by atoms with Crippen LogP contribution in [-0.4, -0.2) is 0 Å². The van der Waals surface area contributed by atoms with Crippen LogP contribution < -0.4 is 4.90 Å². The molecule has 0 unspecified atom stereocenters. The molecule has 0 spiro atoms. The molecule has 0 aromatic heterocycles. The van der Waals surface area contributed by atoms with Gasteiger partial charge < -0.3 is 4.90 Å². The molecule has 0 saturated heterocycles. The molecule has 0 fully saturated rings. The Hall–Kier alpha value is -4.36. The van der Waals surface area contributed by atoms with E-state index >= 15 is 0 Å². The second-order valence-corrected chi connectivity index (χ2v) is 8.58. The molecule has 7 rings (SSSR count). The second kappa shape index (κ2) is 7.08. The molecule has 0 N–H and O–H groups in total. The van der Waals surface area contributed by atoms with Gasteiger partial charge in [0.2, 0.25) is 0 Å². The molecule has 0 bridgehead atoms. The van der Waals surface area contributed by atoms with Crippen LogP contribution in [0.25, 0.3) is 43.8 Å². The van der Waals surface area contributed by atoms with E-state index in [9.17, 15) is 0 Å². The molecule has 0 radical (unpaired) electrons. The lowest BCUT2D eigenvalue weighted by Gasteiger charge is -2.29. The van der Waals surface area contributed by atoms with Gasteiger partial charge in [0.05, 0.1) is 17.1 Å². The highest BCUT2D eigenvalue weighted by Gasteiger charge is 2.26. The number of fused-ring (bicyclic) bond motifs is 8. The van der Waals surface area contributed by atoms with Gasteiger partial charge in [0, 0.05) is 16.5 Å². The highest BCUT2D eigenvalue weighted by atomic mass is 15.2. The number of hydrogen-bond acceptors (Lipinski definition) is 1. The second-order valence-electron chi connectivity index (χ2n) is 8.58. The maximum atomic E-state index is 2.46. The predicted molar refractivity (Wildman–Crippen MR) is 141 cm³/mol. The molecule has 1 aliphatic heterocycles. The van der Waals surface area contributed by atoms with Crippen molar-refractivity contribution in [2.75, 3.05) is 4.90 Å². The Balaban J connectivity index is 1.66. The standard InChI is InChI=1S/C32H21N/c1-2-12-24-22(10-1)20-21-23-11-9-19-31(32(23)24)33-29-17-7-5-15-27(29)25-13-3-4-14-26(25)28-16-6-8-18-30(28)33/h1-21H. The maximum absolute atomic E-state index is 2.46. The van der Waals surface area contributed by atoms with Gasteiger partial charge in [-0.05, 0) is 45.5 Å². The van der Waals surface area contributed by atoms with Crippen molar-refractivity contribution < 1.29 is 0 Å². The van der Waals surface area contributed by atoms with Crippen molar-refractivity contribution in [1.29, 1.82) is 0 Å². The monoisotopic (exact) mass is 419 g/mol. The van der Waals surface area contributed by atoms with Crippen molar-refractivity contribution in [3.05, 3.63) is 127 Å². The van der Waals surface area contributed by atoms with Crippen LogP contribution in [0.15, 0.2) is 127 Å². The van der Waals surface area contributed by atoms with Crippen LogP contribution in [0, 0.1) is 0 Å². The largest absolute Gasteiger partial charge is 0.309 e. The molecule has 0 aliphatic carbocycles. The Morgan fingerprint density at radius 2 is 0.818 bits per heavy atom. The molecule has 154 valence electrons. The first-order chi connectivity index (χ1) is 16.4. The third kappa shape index (κ3) is 2.66. The number of para-hydroxylation sites is 2. The predicted octanol–water partition coefficient (Wildman–Crippen LogP) is 9.11. The van der Waals surface area contributed by atoms with E-state index in [4.69, 9.17) is 0 Å². The molecule has 1 nitrogen and oxygen atoms in total. The zero-order valence-electron chi connectivity index (χ0n) is 18.1. The minimum absolute atomic E-state index is 1.20. The van der Waals surface area contributed by atoms with Gasteiger partial charge in [-0.2, -0.15) is 0 Å². The average Bonchev–Trinajstić information content (AvgIpc) is 3.01. The topological polar surface area (TPSA) is 3.24 Å². The molecular weight excluding hydrogens is 398 g/mol. The lowest BCUT2D eigenvalue weighted by Crippen LogP contribution is -2.11. The van der Waals surface area contributed by atoms with Gasteiger partial charge in [0.1, 0.15) is 0 Å². The molecule has 1 aliphatic rings. The summed E-state index contributed by atoms with van der Waals surface area (Å²) in [4.78, 5) is 2.46. The molecular formula is C32H21N. The van der Waals surface area contributed by atoms with Crippen LogP contribution in [0.4, 0.5) is 17.1 Å². The summed E-state index contributed by atoms with van der Waals surface area (Å²) < 4.78 is 0. The first kappa shape index (κ1) is 18.2. The smallest absolute Gasteiger partial charge is 0.0546 e. The zero-order chi connectivity index (χ0) is 21.8. The van der Waals surface area contributed by atoms with E-state index < -0.39 is 0 Å². The van der Waals surface area contributed by atoms with Crippen LogP contribution in [0.3, 0.4) is 0 Å². The number of hydrogen-bond donors (Lipinski definition) is 0. The molecule has 0 atom stereocenters. The Morgan fingerprint density at radius 1 is 0.333 bits per heavy atom. The summed E-state index contributed by atoms with van der Waals surface area (Å²) in [7, 11) is 0. The third-order valence-electron chi connectivity index (χ3n) is 6.79. The fraction of sp³-hybridized carbons (Fsp3) is 0. The molecule has 0 amide bonds. The van der Waals surface area contributed by atoms with E-state index in [1.165, 1.54) is 60.9 Å². The molecule has 33 heavy (non-hydrogen) atoms. The highest BCUT2D eigenvalue weighted by Crippen LogP contribution is 2.52. The van der Waals surface area contributed by atoms with Gasteiger partial charge in [0.15, 0.2) is 0 Å². The molecule has 1 heteroatoms. The zero-order valence-corrected chi connectivity index (χ0v) is 18.1. The minimum Gasteiger partial charge on any atom is -0.309 e. The lowest BCUT2D eigenvalue weighted by molar-refractivity contribution is 1.31. The summed E-state index contributed by atoms with van der Waals surface area (Å²) in [6.07, 6.45) is 0. The molecule has 6 aromatic carbocycles. The van der Waals surface area contributed by atoms with Gasteiger partial charge in [-0.15, -0.1) is 0 Å². The summed E-state index contributed by atoms with van der Waals surface area (Å²) in [5.74, 6) is 0. The first-order valence-corrected chi connectivity index (χ1v) is 11.4. The maximum Gasteiger partial charge on any atom is 0.0546 e. The van der Waals surface area contributed by atoms with Gasteiger partial charge in [0.25, 0.3) is 0 Å². The fourth-order valence-electron chi connectivity index (χ4n) is 5.36. The quantitative estimate of drug-likeness (QED) is 0.240. The molecule has 1 heterocycles. The summed E-state index contributed by atoms with van der Waals surface area (Å²) in [6, 6.07) is 46.1. The van der Waals surface area contributed by atoms with E-state index in [0.29, 0.717) is 0 Å². The number of rotatable bonds is 1. The van der Waals surface area contributed by atoms with E-state index in [-0.39, 0.29) is 0 Å². The Morgan fingerprint density at radius 3 is 1.52 bits per heavy atom. The van der Waals surface area contributed by atoms with Crippen LogP contribution >= 0.6 is 0 Å². The first-order valence-electron chi connectivity index (χ1n) is 11.4. The van der Waals surface area contributed by atoms with Gasteiger partial charge in [-0.1, -0.05) is 109 Å². The van der Waals surface area contributed by atoms with E-state index in [0.717, 1.165) is 0 Å². The fourth-order valence-corrected chi connectivity index (χ4v) is 5.36. The summed E-state index contributed by atoms with van der Waals surface area (Å²) in [5, 5.41) is 5.08. The van der Waals surface area contributed by atoms with Gasteiger partial charge in [-0.25, -0.2) is 0 Å². The van der Waals surface area contributed by atoms with E-state index in [1.807, 2.05) is 0 Å². The van der Waals surface area contributed by atoms with E-state index in [2.05, 4.69) is 132 Å². The van der Waals surface area contributed by atoms with Crippen LogP contribution in [0.1, 0.15) is 0 Å². The normalized spacial score (nSPS) is 12.2. The van der Waals surface area contributed by atoms with Crippen molar-refractivity contribution in [3.63, 3.8) is 0 Å². The van der Waals surface area contributed by atoms with Crippen molar-refractivity contribution in [2.45, 2.75) is 0 Å². The number of benzene rings is 6. The summed E-state index contributed by atoms with van der Waals surface area (Å²) in [6.45, 7) is 0. The minimum atomic E-state index is 1.20.